The van der Waals surface area contributed by atoms with E-state index in [-0.39, 0.29) is 5.69 Å². The van der Waals surface area contributed by atoms with Crippen LogP contribution in [0.3, 0.4) is 0 Å². The zero-order valence-electron chi connectivity index (χ0n) is 15.1. The summed E-state index contributed by atoms with van der Waals surface area (Å²) in [5.41, 5.74) is 1.82. The van der Waals surface area contributed by atoms with Gasteiger partial charge in [0.05, 0.1) is 17.9 Å². The predicted molar refractivity (Wildman–Crippen MR) is 103 cm³/mol. The summed E-state index contributed by atoms with van der Waals surface area (Å²) in [6.07, 6.45) is 2.00. The van der Waals surface area contributed by atoms with E-state index >= 15 is 0 Å². The maximum absolute atomic E-state index is 13.2. The summed E-state index contributed by atoms with van der Waals surface area (Å²) in [6.45, 7) is 6.41. The maximum Gasteiger partial charge on any atom is 0.350 e. The van der Waals surface area contributed by atoms with E-state index in [9.17, 15) is 4.79 Å². The normalized spacial score (nSPS) is 15.5. The monoisotopic (exact) mass is 369 g/mol. The molecule has 1 N–H and O–H groups in total. The highest BCUT2D eigenvalue weighted by Crippen LogP contribution is 2.25. The molecular weight excluding hydrogens is 346 g/mol. The Bertz CT molecular complexity index is 931. The summed E-state index contributed by atoms with van der Waals surface area (Å²) in [6, 6.07) is 9.81. The van der Waals surface area contributed by atoms with Crippen LogP contribution in [0.1, 0.15) is 40.2 Å². The van der Waals surface area contributed by atoms with Gasteiger partial charge in [0.1, 0.15) is 10.8 Å². The lowest BCUT2D eigenvalue weighted by Gasteiger charge is -2.22. The molecule has 0 amide bonds. The largest absolute Gasteiger partial charge is 0.350 e. The molecule has 1 saturated heterocycles. The first-order chi connectivity index (χ1) is 12.6. The van der Waals surface area contributed by atoms with Gasteiger partial charge in [0.15, 0.2) is 0 Å². The van der Waals surface area contributed by atoms with E-state index in [0.29, 0.717) is 12.5 Å². The summed E-state index contributed by atoms with van der Waals surface area (Å²) in [5, 5.41) is 9.06. The van der Waals surface area contributed by atoms with Crippen molar-refractivity contribution in [2.75, 3.05) is 13.1 Å². The third-order valence-corrected chi connectivity index (χ3v) is 6.00. The van der Waals surface area contributed by atoms with E-state index in [1.54, 1.807) is 20.6 Å². The minimum Gasteiger partial charge on any atom is -0.317 e. The number of hydrogen-bond donors (Lipinski definition) is 1. The number of aryl methyl sites for hydroxylation is 2. The number of thiazole rings is 1. The van der Waals surface area contributed by atoms with Crippen LogP contribution in [0.4, 0.5) is 0 Å². The first kappa shape index (κ1) is 17.2. The molecule has 7 heteroatoms. The van der Waals surface area contributed by atoms with Crippen LogP contribution in [0.25, 0.3) is 5.69 Å². The average molecular weight is 369 g/mol. The van der Waals surface area contributed by atoms with Gasteiger partial charge in [-0.05, 0) is 51.9 Å². The highest BCUT2D eigenvalue weighted by atomic mass is 32.1. The molecule has 0 unspecified atom stereocenters. The van der Waals surface area contributed by atoms with E-state index in [1.807, 2.05) is 37.3 Å². The Morgan fingerprint density at radius 1 is 1.19 bits per heavy atom. The summed E-state index contributed by atoms with van der Waals surface area (Å²) in [5.74, 6) is 1.16. The van der Waals surface area contributed by atoms with E-state index in [0.717, 1.165) is 48.1 Å². The fourth-order valence-electron chi connectivity index (χ4n) is 3.43. The first-order valence-corrected chi connectivity index (χ1v) is 9.84. The summed E-state index contributed by atoms with van der Waals surface area (Å²) in [7, 11) is 0. The van der Waals surface area contributed by atoms with Gasteiger partial charge in [-0.25, -0.2) is 19.0 Å². The minimum atomic E-state index is -0.0877. The van der Waals surface area contributed by atoms with Gasteiger partial charge < -0.3 is 5.32 Å². The van der Waals surface area contributed by atoms with Crippen molar-refractivity contribution in [3.8, 4) is 5.69 Å². The minimum absolute atomic E-state index is 0.0877. The summed E-state index contributed by atoms with van der Waals surface area (Å²) >= 11 is 1.63. The molecular formula is C19H23N5OS. The molecule has 0 bridgehead atoms. The molecule has 2 aromatic heterocycles. The van der Waals surface area contributed by atoms with Crippen molar-refractivity contribution in [3.05, 3.63) is 62.2 Å². The van der Waals surface area contributed by atoms with Gasteiger partial charge in [0.2, 0.25) is 0 Å². The number of rotatable bonds is 4. The zero-order chi connectivity index (χ0) is 18.1. The van der Waals surface area contributed by atoms with Gasteiger partial charge in [-0.15, -0.1) is 11.3 Å². The van der Waals surface area contributed by atoms with Crippen molar-refractivity contribution in [2.45, 2.75) is 39.2 Å². The molecule has 136 valence electrons. The van der Waals surface area contributed by atoms with E-state index in [2.05, 4.69) is 17.2 Å². The van der Waals surface area contributed by atoms with Crippen LogP contribution in [-0.4, -0.2) is 32.4 Å². The Balaban J connectivity index is 1.78. The van der Waals surface area contributed by atoms with Crippen molar-refractivity contribution in [2.24, 2.45) is 0 Å². The number of aromatic nitrogens is 4. The number of para-hydroxylation sites is 1. The standard InChI is InChI=1S/C19H23N5OS/c1-13-14(2)26-17(21-13)12-23-19(25)24(16-6-4-3-5-7-16)18(22-23)15-8-10-20-11-9-15/h3-7,15,20H,8-12H2,1-2H3. The van der Waals surface area contributed by atoms with Crippen molar-refractivity contribution in [1.29, 1.82) is 0 Å². The van der Waals surface area contributed by atoms with E-state index in [1.165, 1.54) is 4.88 Å². The predicted octanol–water partition coefficient (Wildman–Crippen LogP) is 2.62. The van der Waals surface area contributed by atoms with Gasteiger partial charge in [0, 0.05) is 10.8 Å². The van der Waals surface area contributed by atoms with Crippen LogP contribution >= 0.6 is 11.3 Å². The Morgan fingerprint density at radius 2 is 1.92 bits per heavy atom. The molecule has 1 aromatic carbocycles. The van der Waals surface area contributed by atoms with Crippen molar-refractivity contribution >= 4 is 11.3 Å². The lowest BCUT2D eigenvalue weighted by molar-refractivity contribution is 0.438. The van der Waals surface area contributed by atoms with Crippen LogP contribution in [0.5, 0.6) is 0 Å². The number of hydrogen-bond acceptors (Lipinski definition) is 5. The molecule has 1 aliphatic rings. The molecule has 3 heterocycles. The Kier molecular flexibility index (Phi) is 4.74. The van der Waals surface area contributed by atoms with Gasteiger partial charge >= 0.3 is 5.69 Å². The zero-order valence-corrected chi connectivity index (χ0v) is 15.9. The number of piperidine rings is 1. The molecule has 1 fully saturated rings. The maximum atomic E-state index is 13.2. The molecule has 0 aliphatic carbocycles. The molecule has 6 nitrogen and oxygen atoms in total. The average Bonchev–Trinajstić information content (AvgIpc) is 3.16. The molecule has 0 saturated carbocycles. The second kappa shape index (κ2) is 7.17. The number of nitrogens with one attached hydrogen (secondary N) is 1. The summed E-state index contributed by atoms with van der Waals surface area (Å²) in [4.78, 5) is 18.9. The van der Waals surface area contributed by atoms with E-state index in [4.69, 9.17) is 5.10 Å². The third kappa shape index (κ3) is 3.24. The topological polar surface area (TPSA) is 64.7 Å². The van der Waals surface area contributed by atoms with Crippen LogP contribution in [0.2, 0.25) is 0 Å². The van der Waals surface area contributed by atoms with Gasteiger partial charge in [0.25, 0.3) is 0 Å². The van der Waals surface area contributed by atoms with Gasteiger partial charge in [-0.3, -0.25) is 0 Å². The van der Waals surface area contributed by atoms with Crippen molar-refractivity contribution in [1.82, 2.24) is 24.6 Å². The Labute approximate surface area is 156 Å². The molecule has 0 radical (unpaired) electrons. The van der Waals surface area contributed by atoms with Crippen LogP contribution in [-0.2, 0) is 6.54 Å². The molecule has 0 spiro atoms. The first-order valence-electron chi connectivity index (χ1n) is 9.02. The Hall–Kier alpha value is -2.25. The van der Waals surface area contributed by atoms with Crippen LogP contribution in [0, 0.1) is 13.8 Å². The molecule has 4 rings (SSSR count). The van der Waals surface area contributed by atoms with Crippen molar-refractivity contribution in [3.63, 3.8) is 0 Å². The molecule has 0 atom stereocenters. The quantitative estimate of drug-likeness (QED) is 0.768. The second-order valence-electron chi connectivity index (χ2n) is 6.74. The smallest absolute Gasteiger partial charge is 0.317 e. The molecule has 1 aliphatic heterocycles. The van der Waals surface area contributed by atoms with Crippen LogP contribution in [0.15, 0.2) is 35.1 Å². The molecule has 3 aromatic rings. The van der Waals surface area contributed by atoms with Gasteiger partial charge in [-0.2, -0.15) is 5.10 Å². The number of nitrogens with zero attached hydrogens (tertiary/aromatic N) is 4. The highest BCUT2D eigenvalue weighted by molar-refractivity contribution is 7.11. The fourth-order valence-corrected chi connectivity index (χ4v) is 4.34. The number of benzene rings is 1. The van der Waals surface area contributed by atoms with Gasteiger partial charge in [-0.1, -0.05) is 18.2 Å². The SMILES string of the molecule is Cc1nc(Cn2nc(C3CCNCC3)n(-c3ccccc3)c2=O)sc1C. The highest BCUT2D eigenvalue weighted by Gasteiger charge is 2.25. The molecule has 26 heavy (non-hydrogen) atoms. The lowest BCUT2D eigenvalue weighted by atomic mass is 9.97. The Morgan fingerprint density at radius 3 is 2.58 bits per heavy atom. The van der Waals surface area contributed by atoms with E-state index < -0.39 is 0 Å². The van der Waals surface area contributed by atoms with Crippen molar-refractivity contribution < 1.29 is 0 Å². The fraction of sp³-hybridized carbons (Fsp3) is 0.421. The third-order valence-electron chi connectivity index (χ3n) is 4.94. The second-order valence-corrected chi connectivity index (χ2v) is 8.03. The summed E-state index contributed by atoms with van der Waals surface area (Å²) < 4.78 is 3.35. The lowest BCUT2D eigenvalue weighted by Crippen LogP contribution is -2.29. The van der Waals surface area contributed by atoms with Crippen LogP contribution < -0.4 is 11.0 Å².